The van der Waals surface area contributed by atoms with Gasteiger partial charge >= 0.3 is 0 Å². The van der Waals surface area contributed by atoms with Crippen molar-refractivity contribution in [3.63, 3.8) is 0 Å². The van der Waals surface area contributed by atoms with Gasteiger partial charge in [-0.2, -0.15) is 0 Å². The maximum atomic E-state index is 14.6. The second kappa shape index (κ2) is 8.19. The molecule has 0 aromatic heterocycles. The Morgan fingerprint density at radius 2 is 1.52 bits per heavy atom. The molecule has 5 heteroatoms. The highest BCUT2D eigenvalue weighted by atomic mass is 19.1. The van der Waals surface area contributed by atoms with Gasteiger partial charge in [-0.15, -0.1) is 0 Å². The van der Waals surface area contributed by atoms with E-state index >= 15 is 0 Å². The molecule has 1 heterocycles. The van der Waals surface area contributed by atoms with Crippen molar-refractivity contribution in [1.29, 1.82) is 0 Å². The molecule has 0 atom stereocenters. The van der Waals surface area contributed by atoms with Crippen LogP contribution in [0.3, 0.4) is 0 Å². The topological polar surface area (TPSA) is 40.6 Å². The van der Waals surface area contributed by atoms with E-state index in [1.807, 2.05) is 74.2 Å². The summed E-state index contributed by atoms with van der Waals surface area (Å²) in [4.78, 5) is 30.0. The van der Waals surface area contributed by atoms with Crippen molar-refractivity contribution >= 4 is 28.8 Å². The number of rotatable bonds is 5. The Morgan fingerprint density at radius 1 is 0.839 bits per heavy atom. The van der Waals surface area contributed by atoms with Crippen LogP contribution in [0.25, 0.3) is 5.57 Å². The molecule has 3 aromatic rings. The van der Waals surface area contributed by atoms with Crippen molar-refractivity contribution in [2.45, 2.75) is 20.8 Å². The lowest BCUT2D eigenvalue weighted by atomic mass is 9.99. The van der Waals surface area contributed by atoms with Crippen LogP contribution in [0.4, 0.5) is 15.8 Å². The van der Waals surface area contributed by atoms with Crippen LogP contribution in [0.1, 0.15) is 23.6 Å². The zero-order valence-electron chi connectivity index (χ0n) is 17.7. The van der Waals surface area contributed by atoms with Gasteiger partial charge in [0.1, 0.15) is 11.5 Å². The number of anilines is 2. The van der Waals surface area contributed by atoms with Gasteiger partial charge in [0.05, 0.1) is 11.3 Å². The van der Waals surface area contributed by atoms with Crippen molar-refractivity contribution in [2.24, 2.45) is 0 Å². The predicted molar refractivity (Wildman–Crippen MR) is 121 cm³/mol. The lowest BCUT2D eigenvalue weighted by Crippen LogP contribution is -2.35. The largest absolute Gasteiger partial charge is 0.337 e. The summed E-state index contributed by atoms with van der Waals surface area (Å²) in [6.07, 6.45) is 0. The average Bonchev–Trinajstić information content (AvgIpc) is 3.02. The predicted octanol–water partition coefficient (Wildman–Crippen LogP) is 5.25. The third kappa shape index (κ3) is 3.52. The second-order valence-electron chi connectivity index (χ2n) is 7.50. The van der Waals surface area contributed by atoms with Crippen LogP contribution >= 0.6 is 0 Å². The van der Waals surface area contributed by atoms with Crippen molar-refractivity contribution in [3.8, 4) is 0 Å². The summed E-state index contributed by atoms with van der Waals surface area (Å²) in [5.41, 5.74) is 4.02. The third-order valence-corrected chi connectivity index (χ3v) is 5.60. The molecule has 1 aliphatic heterocycles. The van der Waals surface area contributed by atoms with E-state index in [0.29, 0.717) is 12.1 Å². The van der Waals surface area contributed by atoms with E-state index in [2.05, 4.69) is 0 Å². The summed E-state index contributed by atoms with van der Waals surface area (Å²) in [6, 6.07) is 20.9. The van der Waals surface area contributed by atoms with E-state index < -0.39 is 17.6 Å². The summed E-state index contributed by atoms with van der Waals surface area (Å²) in [6.45, 7) is 6.34. The monoisotopic (exact) mass is 414 g/mol. The van der Waals surface area contributed by atoms with Crippen molar-refractivity contribution in [1.82, 2.24) is 0 Å². The van der Waals surface area contributed by atoms with Gasteiger partial charge in [-0.3, -0.25) is 9.59 Å². The Morgan fingerprint density at radius 3 is 2.16 bits per heavy atom. The molecule has 4 rings (SSSR count). The number of para-hydroxylation sites is 2. The molecule has 0 unspecified atom stereocenters. The highest BCUT2D eigenvalue weighted by molar-refractivity contribution is 6.46. The molecule has 0 spiro atoms. The number of imide groups is 1. The lowest BCUT2D eigenvalue weighted by molar-refractivity contribution is -0.120. The molecule has 0 N–H and O–H groups in total. The normalized spacial score (nSPS) is 13.9. The maximum Gasteiger partial charge on any atom is 0.282 e. The van der Waals surface area contributed by atoms with Gasteiger partial charge in [-0.1, -0.05) is 48.5 Å². The van der Waals surface area contributed by atoms with E-state index in [0.717, 1.165) is 21.7 Å². The first-order valence-corrected chi connectivity index (χ1v) is 10.2. The third-order valence-electron chi connectivity index (χ3n) is 5.60. The quantitative estimate of drug-likeness (QED) is 0.535. The maximum absolute atomic E-state index is 14.6. The molecule has 31 heavy (non-hydrogen) atoms. The van der Waals surface area contributed by atoms with Gasteiger partial charge in [-0.05, 0) is 61.7 Å². The van der Waals surface area contributed by atoms with Crippen molar-refractivity contribution in [3.05, 3.63) is 101 Å². The summed E-state index contributed by atoms with van der Waals surface area (Å²) in [5.74, 6) is -1.68. The van der Waals surface area contributed by atoms with Crippen LogP contribution in [0.15, 0.2) is 78.5 Å². The summed E-state index contributed by atoms with van der Waals surface area (Å²) in [7, 11) is 0. The van der Waals surface area contributed by atoms with Gasteiger partial charge in [0, 0.05) is 12.2 Å². The molecule has 0 fully saturated rings. The zero-order valence-corrected chi connectivity index (χ0v) is 17.7. The molecule has 0 radical (unpaired) electrons. The van der Waals surface area contributed by atoms with Crippen molar-refractivity contribution in [2.75, 3.05) is 16.3 Å². The smallest absolute Gasteiger partial charge is 0.282 e. The summed E-state index contributed by atoms with van der Waals surface area (Å²) >= 11 is 0. The van der Waals surface area contributed by atoms with Crippen LogP contribution in [0.5, 0.6) is 0 Å². The van der Waals surface area contributed by atoms with Gasteiger partial charge in [0.15, 0.2) is 0 Å². The van der Waals surface area contributed by atoms with Crippen LogP contribution in [0.2, 0.25) is 0 Å². The Kier molecular flexibility index (Phi) is 5.42. The number of halogens is 1. The number of benzene rings is 3. The Hall–Kier alpha value is -3.73. The molecular formula is C26H23FN2O2. The fourth-order valence-corrected chi connectivity index (χ4v) is 3.86. The van der Waals surface area contributed by atoms with Crippen LogP contribution < -0.4 is 9.80 Å². The van der Waals surface area contributed by atoms with Crippen molar-refractivity contribution < 1.29 is 14.0 Å². The Bertz CT molecular complexity index is 1200. The minimum absolute atomic E-state index is 0.0436. The average molecular weight is 414 g/mol. The molecule has 4 nitrogen and oxygen atoms in total. The molecule has 156 valence electrons. The first-order chi connectivity index (χ1) is 14.9. The summed E-state index contributed by atoms with van der Waals surface area (Å²) < 4.78 is 14.6. The highest BCUT2D eigenvalue weighted by Crippen LogP contribution is 2.37. The molecule has 0 saturated heterocycles. The van der Waals surface area contributed by atoms with E-state index in [1.165, 1.54) is 18.2 Å². The first kappa shape index (κ1) is 20.5. The molecular weight excluding hydrogens is 391 g/mol. The van der Waals surface area contributed by atoms with E-state index in [1.54, 1.807) is 6.07 Å². The molecule has 0 aliphatic carbocycles. The minimum Gasteiger partial charge on any atom is -0.337 e. The Balaban J connectivity index is 1.95. The summed E-state index contributed by atoms with van der Waals surface area (Å²) in [5, 5.41) is 0. The molecule has 2 amide bonds. The van der Waals surface area contributed by atoms with E-state index in [-0.39, 0.29) is 17.0 Å². The number of hydrogen-bond acceptors (Lipinski definition) is 3. The molecule has 1 aliphatic rings. The number of amides is 2. The first-order valence-electron chi connectivity index (χ1n) is 10.2. The van der Waals surface area contributed by atoms with Gasteiger partial charge in [-0.25, -0.2) is 9.29 Å². The number of carbonyl (C=O) groups excluding carboxylic acids is 2. The lowest BCUT2D eigenvalue weighted by Gasteiger charge is -2.25. The zero-order chi connectivity index (χ0) is 22.1. The highest BCUT2D eigenvalue weighted by Gasteiger charge is 2.43. The molecule has 3 aromatic carbocycles. The van der Waals surface area contributed by atoms with Gasteiger partial charge in [0.25, 0.3) is 11.8 Å². The van der Waals surface area contributed by atoms with Crippen LogP contribution in [-0.2, 0) is 9.59 Å². The van der Waals surface area contributed by atoms with Crippen LogP contribution in [0, 0.1) is 19.7 Å². The minimum atomic E-state index is -0.618. The fourth-order valence-electron chi connectivity index (χ4n) is 3.86. The SMILES string of the molecule is CCN(C1=C(c2ccc(C)c(C)c2)C(=O)N(c2ccccc2F)C1=O)c1ccccc1. The second-order valence-corrected chi connectivity index (χ2v) is 7.50. The molecule has 0 bridgehead atoms. The number of likely N-dealkylation sites (N-methyl/N-ethyl adjacent to an activating group) is 1. The van der Waals surface area contributed by atoms with Gasteiger partial charge < -0.3 is 4.90 Å². The standard InChI is InChI=1S/C26H23FN2O2/c1-4-28(20-10-6-5-7-11-20)24-23(19-15-14-17(2)18(3)16-19)25(30)29(26(24)31)22-13-9-8-12-21(22)27/h5-16H,4H2,1-3H3. The Labute approximate surface area is 181 Å². The van der Waals surface area contributed by atoms with E-state index in [4.69, 9.17) is 0 Å². The number of hydrogen-bond donors (Lipinski definition) is 0. The number of aryl methyl sites for hydroxylation is 2. The number of carbonyl (C=O) groups is 2. The number of nitrogens with zero attached hydrogens (tertiary/aromatic N) is 2. The van der Waals surface area contributed by atoms with Crippen LogP contribution in [-0.4, -0.2) is 18.4 Å². The molecule has 0 saturated carbocycles. The van der Waals surface area contributed by atoms with E-state index in [9.17, 15) is 14.0 Å². The fraction of sp³-hybridized carbons (Fsp3) is 0.154. The van der Waals surface area contributed by atoms with Gasteiger partial charge in [0.2, 0.25) is 0 Å².